The number of ether oxygens (including phenoxy) is 1. The first-order chi connectivity index (χ1) is 13.0. The summed E-state index contributed by atoms with van der Waals surface area (Å²) in [6, 6.07) is 5.68. The lowest BCUT2D eigenvalue weighted by Gasteiger charge is -2.38. The van der Waals surface area contributed by atoms with Crippen LogP contribution in [0.5, 0.6) is 0 Å². The van der Waals surface area contributed by atoms with Gasteiger partial charge in [0.2, 0.25) is 0 Å². The van der Waals surface area contributed by atoms with E-state index in [-0.39, 0.29) is 29.8 Å². The zero-order valence-corrected chi connectivity index (χ0v) is 15.9. The molecule has 2 fully saturated rings. The first-order valence-corrected chi connectivity index (χ1v) is 9.35. The van der Waals surface area contributed by atoms with Gasteiger partial charge >= 0.3 is 12.1 Å². The number of amides is 4. The molecule has 2 heterocycles. The SMILES string of the molecule is CN(C)C(=O)N1CCC(N(C(=O)Nc2ccccc2F)C2CCOCC2)C1. The highest BCUT2D eigenvalue weighted by Crippen LogP contribution is 2.25. The number of likely N-dealkylation sites (tertiary alicyclic amines) is 1. The molecule has 1 aromatic rings. The van der Waals surface area contributed by atoms with Gasteiger partial charge < -0.3 is 24.8 Å². The van der Waals surface area contributed by atoms with Crippen molar-refractivity contribution in [2.75, 3.05) is 45.7 Å². The van der Waals surface area contributed by atoms with Crippen LogP contribution < -0.4 is 5.32 Å². The number of anilines is 1. The Bertz CT molecular complexity index is 679. The van der Waals surface area contributed by atoms with E-state index >= 15 is 0 Å². The van der Waals surface area contributed by atoms with Crippen LogP contribution in [0.3, 0.4) is 0 Å². The van der Waals surface area contributed by atoms with Crippen LogP contribution in [0, 0.1) is 5.82 Å². The topological polar surface area (TPSA) is 65.1 Å². The van der Waals surface area contributed by atoms with Crippen LogP contribution in [-0.4, -0.2) is 79.2 Å². The van der Waals surface area contributed by atoms with E-state index in [9.17, 15) is 14.0 Å². The number of urea groups is 2. The summed E-state index contributed by atoms with van der Waals surface area (Å²) in [6.07, 6.45) is 2.19. The van der Waals surface area contributed by atoms with Crippen LogP contribution in [0.4, 0.5) is 19.7 Å². The Labute approximate surface area is 159 Å². The highest BCUT2D eigenvalue weighted by molar-refractivity contribution is 5.90. The van der Waals surface area contributed by atoms with Crippen LogP contribution in [0.15, 0.2) is 24.3 Å². The summed E-state index contributed by atoms with van der Waals surface area (Å²) in [7, 11) is 3.44. The number of nitrogens with one attached hydrogen (secondary N) is 1. The maximum Gasteiger partial charge on any atom is 0.322 e. The molecule has 1 N–H and O–H groups in total. The molecule has 1 aromatic carbocycles. The summed E-state index contributed by atoms with van der Waals surface area (Å²) in [6.45, 7) is 2.29. The minimum absolute atomic E-state index is 0.0185. The molecular formula is C19H27FN4O3. The number of hydrogen-bond acceptors (Lipinski definition) is 3. The van der Waals surface area contributed by atoms with E-state index in [0.717, 1.165) is 12.8 Å². The molecule has 3 rings (SSSR count). The molecule has 1 unspecified atom stereocenters. The van der Waals surface area contributed by atoms with Gasteiger partial charge in [-0.25, -0.2) is 14.0 Å². The Morgan fingerprint density at radius 3 is 2.52 bits per heavy atom. The highest BCUT2D eigenvalue weighted by Gasteiger charge is 2.38. The summed E-state index contributed by atoms with van der Waals surface area (Å²) in [5, 5.41) is 2.71. The van der Waals surface area contributed by atoms with Crippen molar-refractivity contribution < 1.29 is 18.7 Å². The fourth-order valence-electron chi connectivity index (χ4n) is 3.76. The van der Waals surface area contributed by atoms with Gasteiger partial charge in [0, 0.05) is 46.4 Å². The largest absolute Gasteiger partial charge is 0.381 e. The molecule has 0 aromatic heterocycles. The van der Waals surface area contributed by atoms with Crippen LogP contribution in [0.25, 0.3) is 0 Å². The molecule has 0 saturated carbocycles. The quantitative estimate of drug-likeness (QED) is 0.879. The van der Waals surface area contributed by atoms with Crippen molar-refractivity contribution in [1.29, 1.82) is 0 Å². The fraction of sp³-hybridized carbons (Fsp3) is 0.579. The zero-order valence-electron chi connectivity index (χ0n) is 15.9. The van der Waals surface area contributed by atoms with Gasteiger partial charge in [0.05, 0.1) is 11.7 Å². The fourth-order valence-corrected chi connectivity index (χ4v) is 3.76. The number of carbonyl (C=O) groups is 2. The average molecular weight is 378 g/mol. The lowest BCUT2D eigenvalue weighted by Crippen LogP contribution is -2.52. The molecule has 0 aliphatic carbocycles. The normalized spacial score (nSPS) is 20.4. The summed E-state index contributed by atoms with van der Waals surface area (Å²) in [5.41, 5.74) is 0.166. The van der Waals surface area contributed by atoms with E-state index in [0.29, 0.717) is 32.7 Å². The van der Waals surface area contributed by atoms with Crippen molar-refractivity contribution in [3.63, 3.8) is 0 Å². The van der Waals surface area contributed by atoms with E-state index in [1.165, 1.54) is 6.07 Å². The predicted octanol–water partition coefficient (Wildman–Crippen LogP) is 2.59. The van der Waals surface area contributed by atoms with Gasteiger partial charge in [-0.05, 0) is 31.4 Å². The molecule has 0 bridgehead atoms. The van der Waals surface area contributed by atoms with E-state index in [4.69, 9.17) is 4.74 Å². The molecule has 148 valence electrons. The minimum Gasteiger partial charge on any atom is -0.381 e. The van der Waals surface area contributed by atoms with Gasteiger partial charge in [-0.1, -0.05) is 12.1 Å². The Morgan fingerprint density at radius 1 is 1.15 bits per heavy atom. The zero-order chi connectivity index (χ0) is 19.4. The monoisotopic (exact) mass is 378 g/mol. The molecule has 2 aliphatic heterocycles. The second kappa shape index (κ2) is 8.56. The lowest BCUT2D eigenvalue weighted by atomic mass is 10.0. The Hall–Kier alpha value is -2.35. The Morgan fingerprint density at radius 2 is 1.85 bits per heavy atom. The van der Waals surface area contributed by atoms with Crippen LogP contribution in [-0.2, 0) is 4.74 Å². The Kier molecular flexibility index (Phi) is 6.15. The van der Waals surface area contributed by atoms with Crippen molar-refractivity contribution >= 4 is 17.7 Å². The molecule has 7 nitrogen and oxygen atoms in total. The summed E-state index contributed by atoms with van der Waals surface area (Å²) < 4.78 is 19.4. The number of carbonyl (C=O) groups excluding carboxylic acids is 2. The van der Waals surface area contributed by atoms with Crippen LogP contribution in [0.1, 0.15) is 19.3 Å². The van der Waals surface area contributed by atoms with Gasteiger partial charge in [-0.15, -0.1) is 0 Å². The van der Waals surface area contributed by atoms with Gasteiger partial charge in [0.1, 0.15) is 5.82 Å². The lowest BCUT2D eigenvalue weighted by molar-refractivity contribution is 0.0370. The van der Waals surface area contributed by atoms with E-state index in [1.807, 2.05) is 0 Å². The number of rotatable bonds is 3. The maximum atomic E-state index is 14.0. The third-order valence-corrected chi connectivity index (χ3v) is 5.14. The minimum atomic E-state index is -0.464. The number of hydrogen-bond donors (Lipinski definition) is 1. The molecule has 0 radical (unpaired) electrons. The van der Waals surface area contributed by atoms with Gasteiger partial charge in [-0.2, -0.15) is 0 Å². The molecular weight excluding hydrogens is 351 g/mol. The first kappa shape index (κ1) is 19.4. The number of halogens is 1. The summed E-state index contributed by atoms with van der Waals surface area (Å²) in [4.78, 5) is 30.4. The third-order valence-electron chi connectivity index (χ3n) is 5.14. The standard InChI is InChI=1S/C19H27FN4O3/c1-22(2)19(26)23-10-7-15(13-23)24(14-8-11-27-12-9-14)18(25)21-17-6-4-3-5-16(17)20/h3-6,14-15H,7-13H2,1-2H3,(H,21,25). The van der Waals surface area contributed by atoms with Crippen molar-refractivity contribution in [2.45, 2.75) is 31.3 Å². The summed E-state index contributed by atoms with van der Waals surface area (Å²) >= 11 is 0. The van der Waals surface area contributed by atoms with Gasteiger partial charge in [0.25, 0.3) is 0 Å². The summed E-state index contributed by atoms with van der Waals surface area (Å²) in [5.74, 6) is -0.464. The molecule has 0 spiro atoms. The number of para-hydroxylation sites is 1. The maximum absolute atomic E-state index is 14.0. The molecule has 2 aliphatic rings. The van der Waals surface area contributed by atoms with Crippen molar-refractivity contribution in [3.05, 3.63) is 30.1 Å². The van der Waals surface area contributed by atoms with Crippen LogP contribution in [0.2, 0.25) is 0 Å². The molecule has 27 heavy (non-hydrogen) atoms. The van der Waals surface area contributed by atoms with Crippen molar-refractivity contribution in [2.24, 2.45) is 0 Å². The van der Waals surface area contributed by atoms with Crippen molar-refractivity contribution in [3.8, 4) is 0 Å². The molecule has 2 saturated heterocycles. The first-order valence-electron chi connectivity index (χ1n) is 9.35. The van der Waals surface area contributed by atoms with E-state index < -0.39 is 5.82 Å². The smallest absolute Gasteiger partial charge is 0.322 e. The number of nitrogens with zero attached hydrogens (tertiary/aromatic N) is 3. The van der Waals surface area contributed by atoms with Crippen molar-refractivity contribution in [1.82, 2.24) is 14.7 Å². The van der Waals surface area contributed by atoms with Gasteiger partial charge in [-0.3, -0.25) is 0 Å². The van der Waals surface area contributed by atoms with Gasteiger partial charge in [0.15, 0.2) is 0 Å². The third kappa shape index (κ3) is 4.50. The molecule has 8 heteroatoms. The van der Waals surface area contributed by atoms with Crippen LogP contribution >= 0.6 is 0 Å². The molecule has 4 amide bonds. The second-order valence-corrected chi connectivity index (χ2v) is 7.23. The predicted molar refractivity (Wildman–Crippen MR) is 100 cm³/mol. The molecule has 1 atom stereocenters. The highest BCUT2D eigenvalue weighted by atomic mass is 19.1. The van der Waals surface area contributed by atoms with E-state index in [1.54, 1.807) is 47.0 Å². The average Bonchev–Trinajstić information content (AvgIpc) is 3.13. The number of benzene rings is 1. The van der Waals surface area contributed by atoms with E-state index in [2.05, 4.69) is 5.32 Å². The second-order valence-electron chi connectivity index (χ2n) is 7.23. The Balaban J connectivity index is 1.76.